The summed E-state index contributed by atoms with van der Waals surface area (Å²) in [5, 5.41) is 0. The molecule has 0 aromatic rings. The normalized spacial score (nSPS) is 6.67. The molecule has 9 heavy (non-hydrogen) atoms. The number of hydrogen-bond acceptors (Lipinski definition) is 4. The molecule has 0 unspecified atom stereocenters. The monoisotopic (exact) mass is 236 g/mol. The summed E-state index contributed by atoms with van der Waals surface area (Å²) in [4.78, 5) is 29.3. The van der Waals surface area contributed by atoms with Crippen LogP contribution in [0.2, 0.25) is 0 Å². The Morgan fingerprint density at radius 3 is 0.889 bits per heavy atom. The molecule has 0 bridgehead atoms. The van der Waals surface area contributed by atoms with E-state index in [0.717, 1.165) is 0 Å². The first-order chi connectivity index (χ1) is 2.00. The van der Waals surface area contributed by atoms with Crippen molar-refractivity contribution in [3.05, 3.63) is 0 Å². The molecule has 0 aliphatic rings. The molecule has 0 aromatic carbocycles. The van der Waals surface area contributed by atoms with Crippen molar-refractivity contribution < 1.29 is 41.7 Å². The van der Waals surface area contributed by atoms with Crippen LogP contribution in [0.4, 0.5) is 0 Å². The smallest absolute Gasteiger partial charge is 0.316 e. The van der Waals surface area contributed by atoms with Crippen molar-refractivity contribution in [2.75, 3.05) is 0 Å². The average Bonchev–Trinajstić information content (AvgIpc) is 0.722. The molecular weight excluding hydrogens is 227 g/mol. The molecule has 0 fully saturated rings. The molecule has 0 aliphatic carbocycles. The summed E-state index contributed by atoms with van der Waals surface area (Å²) >= 11 is 0. The van der Waals surface area contributed by atoms with Crippen molar-refractivity contribution in [1.29, 1.82) is 0 Å². The van der Waals surface area contributed by atoms with Gasteiger partial charge in [0.05, 0.1) is 0 Å². The van der Waals surface area contributed by atoms with E-state index in [0.29, 0.717) is 0 Å². The Morgan fingerprint density at radius 1 is 0.889 bits per heavy atom. The van der Waals surface area contributed by atoms with Gasteiger partial charge in [0.25, 0.3) is 0 Å². The van der Waals surface area contributed by atoms with Gasteiger partial charge in [0.2, 0.25) is 0 Å². The van der Waals surface area contributed by atoms with E-state index in [4.69, 9.17) is 19.2 Å². The van der Waals surface area contributed by atoms with Gasteiger partial charge in [-0.2, -0.15) is 0 Å². The fraction of sp³-hybridized carbons (Fsp3) is 0. The third kappa shape index (κ3) is 101. The summed E-state index contributed by atoms with van der Waals surface area (Å²) in [5.41, 5.74) is 0. The first kappa shape index (κ1) is 29.7. The molecule has 0 aromatic heterocycles. The zero-order valence-corrected chi connectivity index (χ0v) is 5.25. The van der Waals surface area contributed by atoms with E-state index >= 15 is 0 Å². The van der Waals surface area contributed by atoms with Crippen LogP contribution in [0.3, 0.4) is 0 Å². The van der Waals surface area contributed by atoms with Crippen LogP contribution in [0, 0.1) is 0 Å². The Kier molecular flexibility index (Phi) is 44.6. The molecule has 9 heteroatoms. The van der Waals surface area contributed by atoms with Crippen molar-refractivity contribution in [2.45, 2.75) is 0 Å². The van der Waals surface area contributed by atoms with Gasteiger partial charge in [-0.3, -0.25) is 0 Å². The summed E-state index contributed by atoms with van der Waals surface area (Å²) in [6.45, 7) is 0. The fourth-order valence-electron chi connectivity index (χ4n) is 0. The van der Waals surface area contributed by atoms with Crippen LogP contribution in [0.1, 0.15) is 0 Å². The molecule has 0 amide bonds. The SMILES string of the molecule is O.O[Si](O)(O)O.[Fe].[KH].[MgH2]. The van der Waals surface area contributed by atoms with E-state index in [1.165, 1.54) is 0 Å². The quantitative estimate of drug-likeness (QED) is 0.315. The molecule has 0 radical (unpaired) electrons. The Morgan fingerprint density at radius 2 is 0.889 bits per heavy atom. The van der Waals surface area contributed by atoms with Gasteiger partial charge in [0.1, 0.15) is 0 Å². The zero-order valence-electron chi connectivity index (χ0n) is 3.14. The third-order valence-electron chi connectivity index (χ3n) is 0. The Labute approximate surface area is 123 Å². The van der Waals surface area contributed by atoms with Crippen LogP contribution in [-0.4, -0.2) is 108 Å². The average molecular weight is 236 g/mol. The summed E-state index contributed by atoms with van der Waals surface area (Å²) in [5.74, 6) is 0. The van der Waals surface area contributed by atoms with E-state index in [-0.39, 0.29) is 97.0 Å². The summed E-state index contributed by atoms with van der Waals surface area (Å²) in [6.07, 6.45) is 0. The molecule has 0 aliphatic heterocycles. The maximum absolute atomic E-state index is 7.33. The summed E-state index contributed by atoms with van der Waals surface area (Å²) < 4.78 is 0. The van der Waals surface area contributed by atoms with Gasteiger partial charge in [-0.15, -0.1) is 0 Å². The molecule has 0 saturated carbocycles. The minimum Gasteiger partial charge on any atom is 0.316 e. The molecule has 54 valence electrons. The van der Waals surface area contributed by atoms with Gasteiger partial charge >= 0.3 is 83.5 Å². The van der Waals surface area contributed by atoms with Crippen molar-refractivity contribution in [3.63, 3.8) is 0 Å². The number of hydrogen-bond donors (Lipinski definition) is 4. The van der Waals surface area contributed by atoms with Gasteiger partial charge in [-0.25, -0.2) is 0 Å². The second-order valence-electron chi connectivity index (χ2n) is 0.600. The molecule has 0 heterocycles. The van der Waals surface area contributed by atoms with E-state index in [1.54, 1.807) is 0 Å². The minimum atomic E-state index is -4.61. The molecule has 0 rings (SSSR count). The largest absolute Gasteiger partial charge is 0.316 e. The van der Waals surface area contributed by atoms with Crippen LogP contribution >= 0.6 is 0 Å². The van der Waals surface area contributed by atoms with Crippen molar-refractivity contribution in [3.8, 4) is 0 Å². The third-order valence-corrected chi connectivity index (χ3v) is 0. The zero-order chi connectivity index (χ0) is 4.50. The molecule has 0 atom stereocenters. The van der Waals surface area contributed by atoms with Gasteiger partial charge in [-0.1, -0.05) is 0 Å². The van der Waals surface area contributed by atoms with Crippen molar-refractivity contribution in [1.82, 2.24) is 0 Å². The van der Waals surface area contributed by atoms with Gasteiger partial charge in [0, 0.05) is 17.1 Å². The van der Waals surface area contributed by atoms with E-state index in [9.17, 15) is 0 Å². The van der Waals surface area contributed by atoms with Crippen molar-refractivity contribution >= 4 is 83.5 Å². The predicted molar refractivity (Wildman–Crippen MR) is 33.9 cm³/mol. The van der Waals surface area contributed by atoms with Crippen LogP contribution in [0.5, 0.6) is 0 Å². The fourth-order valence-corrected chi connectivity index (χ4v) is 0. The van der Waals surface area contributed by atoms with Crippen LogP contribution in [0.15, 0.2) is 0 Å². The maximum Gasteiger partial charge on any atom is 0.316 e. The topological polar surface area (TPSA) is 112 Å². The van der Waals surface area contributed by atoms with E-state index in [1.807, 2.05) is 0 Å². The predicted octanol–water partition coefficient (Wildman–Crippen LogP) is -5.00. The van der Waals surface area contributed by atoms with Crippen molar-refractivity contribution in [2.24, 2.45) is 0 Å². The second kappa shape index (κ2) is 13.5. The summed E-state index contributed by atoms with van der Waals surface area (Å²) in [6, 6.07) is 0. The first-order valence-electron chi connectivity index (χ1n) is 0.894. The Balaban J connectivity index is -0.0000000133. The minimum absolute atomic E-state index is 0. The molecular formula is H9FeKMgO5Si. The maximum atomic E-state index is 7.33. The van der Waals surface area contributed by atoms with Gasteiger partial charge < -0.3 is 24.7 Å². The van der Waals surface area contributed by atoms with Gasteiger partial charge in [-0.05, 0) is 0 Å². The first-order valence-corrected chi connectivity index (χ1v) is 2.68. The van der Waals surface area contributed by atoms with Crippen LogP contribution in [-0.2, 0) is 17.1 Å². The Bertz CT molecular complexity index is 32.4. The molecule has 6 N–H and O–H groups in total. The Hall–Kier alpha value is 2.94. The van der Waals surface area contributed by atoms with E-state index in [2.05, 4.69) is 0 Å². The molecule has 5 nitrogen and oxygen atoms in total. The molecule has 0 spiro atoms. The second-order valence-corrected chi connectivity index (χ2v) is 1.80. The van der Waals surface area contributed by atoms with E-state index < -0.39 is 9.05 Å². The standard InChI is InChI=1S/Fe.K.Mg.H4O4Si.H2O.3H/c;;;1-5(2,3)4;;;;/h;;;1-4H;1H2;;;. The van der Waals surface area contributed by atoms with Gasteiger partial charge in [0.15, 0.2) is 0 Å². The number of rotatable bonds is 0. The summed E-state index contributed by atoms with van der Waals surface area (Å²) in [7, 11) is -4.61. The molecule has 0 saturated heterocycles. The van der Waals surface area contributed by atoms with Crippen LogP contribution in [0.25, 0.3) is 0 Å². The van der Waals surface area contributed by atoms with Crippen LogP contribution < -0.4 is 0 Å².